The first-order valence-electron chi connectivity index (χ1n) is 5.18. The van der Waals surface area contributed by atoms with E-state index in [0.717, 1.165) is 11.1 Å². The van der Waals surface area contributed by atoms with E-state index in [-0.39, 0.29) is 0 Å². The Labute approximate surface area is 98.8 Å². The molecule has 4 nitrogen and oxygen atoms in total. The van der Waals surface area contributed by atoms with Gasteiger partial charge in [-0.1, -0.05) is 12.1 Å². The Balaban J connectivity index is 2.63. The minimum absolute atomic E-state index is 0.495. The second-order valence-electron chi connectivity index (χ2n) is 3.69. The highest BCUT2D eigenvalue weighted by Gasteiger charge is 2.14. The molecule has 0 aliphatic heterocycles. The van der Waals surface area contributed by atoms with Crippen molar-refractivity contribution in [2.75, 3.05) is 12.8 Å². The quantitative estimate of drug-likeness (QED) is 0.886. The lowest BCUT2D eigenvalue weighted by Crippen LogP contribution is -1.99. The Morgan fingerprint density at radius 3 is 2.71 bits per heavy atom. The van der Waals surface area contributed by atoms with E-state index in [1.165, 1.54) is 7.11 Å². The summed E-state index contributed by atoms with van der Waals surface area (Å²) in [4.78, 5) is 0. The van der Waals surface area contributed by atoms with Gasteiger partial charge in [0.05, 0.1) is 13.3 Å². The zero-order valence-corrected chi connectivity index (χ0v) is 9.77. The van der Waals surface area contributed by atoms with Gasteiger partial charge in [0, 0.05) is 18.2 Å². The lowest BCUT2D eigenvalue weighted by atomic mass is 10.0. The number of alkyl halides is 1. The maximum atomic E-state index is 13.1. The summed E-state index contributed by atoms with van der Waals surface area (Å²) in [6.07, 6.45) is 1.63. The molecule has 2 N–H and O–H groups in total. The highest BCUT2D eigenvalue weighted by molar-refractivity contribution is 5.77. The van der Waals surface area contributed by atoms with Gasteiger partial charge in [-0.3, -0.25) is 4.68 Å². The van der Waals surface area contributed by atoms with Crippen molar-refractivity contribution in [1.29, 1.82) is 0 Å². The molecule has 0 amide bonds. The number of methoxy groups -OCH3 is 1. The lowest BCUT2D eigenvalue weighted by molar-refractivity contribution is 0.394. The molecule has 1 aromatic heterocycles. The first kappa shape index (κ1) is 11.4. The molecule has 0 saturated heterocycles. The van der Waals surface area contributed by atoms with Gasteiger partial charge in [-0.15, -0.1) is 0 Å². The van der Waals surface area contributed by atoms with Crippen molar-refractivity contribution < 1.29 is 9.13 Å². The van der Waals surface area contributed by atoms with Gasteiger partial charge >= 0.3 is 0 Å². The molecule has 0 radical (unpaired) electrons. The summed E-state index contributed by atoms with van der Waals surface area (Å²) in [6.45, 7) is -0.603. The van der Waals surface area contributed by atoms with Crippen LogP contribution in [-0.2, 0) is 13.7 Å². The number of rotatable bonds is 3. The van der Waals surface area contributed by atoms with Crippen molar-refractivity contribution in [1.82, 2.24) is 9.78 Å². The number of halogens is 1. The average molecular weight is 235 g/mol. The summed E-state index contributed by atoms with van der Waals surface area (Å²) in [5.74, 6) is 1.03. The number of aryl methyl sites for hydroxylation is 1. The van der Waals surface area contributed by atoms with Gasteiger partial charge < -0.3 is 10.5 Å². The topological polar surface area (TPSA) is 53.1 Å². The van der Waals surface area contributed by atoms with Crippen molar-refractivity contribution in [2.45, 2.75) is 6.67 Å². The Hall–Kier alpha value is -2.04. The third-order valence-corrected chi connectivity index (χ3v) is 2.76. The van der Waals surface area contributed by atoms with Crippen LogP contribution in [0.3, 0.4) is 0 Å². The second kappa shape index (κ2) is 4.45. The van der Waals surface area contributed by atoms with Crippen LogP contribution in [0.1, 0.15) is 5.56 Å². The van der Waals surface area contributed by atoms with E-state index in [2.05, 4.69) is 5.10 Å². The molecule has 0 aliphatic rings. The van der Waals surface area contributed by atoms with Gasteiger partial charge in [0.25, 0.3) is 0 Å². The lowest BCUT2D eigenvalue weighted by Gasteiger charge is -2.10. The molecular weight excluding hydrogens is 221 g/mol. The first-order valence-corrected chi connectivity index (χ1v) is 5.18. The predicted octanol–water partition coefficient (Wildman–Crippen LogP) is 2.15. The molecule has 1 heterocycles. The third-order valence-electron chi connectivity index (χ3n) is 2.76. The largest absolute Gasteiger partial charge is 0.496 e. The summed E-state index contributed by atoms with van der Waals surface area (Å²) in [5, 5.41) is 4.05. The van der Waals surface area contributed by atoms with Crippen molar-refractivity contribution in [2.24, 2.45) is 7.05 Å². The maximum absolute atomic E-state index is 13.1. The van der Waals surface area contributed by atoms with Crippen molar-refractivity contribution in [3.8, 4) is 16.9 Å². The van der Waals surface area contributed by atoms with Gasteiger partial charge in [0.1, 0.15) is 18.2 Å². The normalized spacial score (nSPS) is 10.5. The molecule has 5 heteroatoms. The fourth-order valence-corrected chi connectivity index (χ4v) is 1.80. The summed E-state index contributed by atoms with van der Waals surface area (Å²) in [6, 6.07) is 5.34. The van der Waals surface area contributed by atoms with Gasteiger partial charge in [-0.25, -0.2) is 4.39 Å². The molecule has 0 spiro atoms. The average Bonchev–Trinajstić information content (AvgIpc) is 2.69. The Bertz CT molecular complexity index is 537. The van der Waals surface area contributed by atoms with Crippen molar-refractivity contribution in [3.05, 3.63) is 30.0 Å². The van der Waals surface area contributed by atoms with Gasteiger partial charge in [-0.2, -0.15) is 5.10 Å². The van der Waals surface area contributed by atoms with E-state index in [1.54, 1.807) is 30.1 Å². The van der Waals surface area contributed by atoms with Gasteiger partial charge in [0.2, 0.25) is 0 Å². The standard InChI is InChI=1S/C12H14FN3O/c1-16-12(14)10(7-15-16)8-4-3-5-11(17-2)9(8)6-13/h3-5,7H,6,14H2,1-2H3. The number of nitrogens with two attached hydrogens (primary N) is 1. The van der Waals surface area contributed by atoms with Crippen LogP contribution in [0, 0.1) is 0 Å². The molecule has 17 heavy (non-hydrogen) atoms. The van der Waals surface area contributed by atoms with E-state index in [0.29, 0.717) is 17.1 Å². The minimum Gasteiger partial charge on any atom is -0.496 e. The first-order chi connectivity index (χ1) is 8.19. The molecule has 0 aliphatic carbocycles. The van der Waals surface area contributed by atoms with E-state index >= 15 is 0 Å². The number of hydrogen-bond donors (Lipinski definition) is 1. The number of ether oxygens (including phenoxy) is 1. The van der Waals surface area contributed by atoms with Crippen LogP contribution < -0.4 is 10.5 Å². The number of nitrogen functional groups attached to an aromatic ring is 1. The molecule has 2 aromatic rings. The smallest absolute Gasteiger partial charge is 0.129 e. The molecule has 0 saturated carbocycles. The fourth-order valence-electron chi connectivity index (χ4n) is 1.80. The van der Waals surface area contributed by atoms with Crippen LogP contribution in [0.25, 0.3) is 11.1 Å². The second-order valence-corrected chi connectivity index (χ2v) is 3.69. The maximum Gasteiger partial charge on any atom is 0.129 e. The SMILES string of the molecule is COc1cccc(-c2cnn(C)c2N)c1CF. The van der Waals surface area contributed by atoms with Crippen LogP contribution >= 0.6 is 0 Å². The van der Waals surface area contributed by atoms with Crippen molar-refractivity contribution in [3.63, 3.8) is 0 Å². The number of hydrogen-bond acceptors (Lipinski definition) is 3. The molecule has 0 bridgehead atoms. The number of benzene rings is 1. The number of nitrogens with zero attached hydrogens (tertiary/aromatic N) is 2. The Morgan fingerprint density at radius 1 is 1.41 bits per heavy atom. The highest BCUT2D eigenvalue weighted by atomic mass is 19.1. The molecule has 0 fully saturated rings. The molecule has 0 atom stereocenters. The van der Waals surface area contributed by atoms with Crippen LogP contribution in [-0.4, -0.2) is 16.9 Å². The number of aromatic nitrogens is 2. The third kappa shape index (κ3) is 1.84. The monoisotopic (exact) mass is 235 g/mol. The molecule has 0 unspecified atom stereocenters. The van der Waals surface area contributed by atoms with Crippen LogP contribution in [0.4, 0.5) is 10.2 Å². The van der Waals surface area contributed by atoms with Crippen LogP contribution in [0.2, 0.25) is 0 Å². The predicted molar refractivity (Wildman–Crippen MR) is 64.4 cm³/mol. The van der Waals surface area contributed by atoms with E-state index in [4.69, 9.17) is 10.5 Å². The van der Waals surface area contributed by atoms with Crippen molar-refractivity contribution >= 4 is 5.82 Å². The van der Waals surface area contributed by atoms with Crippen LogP contribution in [0.5, 0.6) is 5.75 Å². The van der Waals surface area contributed by atoms with Gasteiger partial charge in [0.15, 0.2) is 0 Å². The summed E-state index contributed by atoms with van der Waals surface area (Å²) in [5.41, 5.74) is 7.82. The Morgan fingerprint density at radius 2 is 2.18 bits per heavy atom. The molecule has 90 valence electrons. The summed E-state index contributed by atoms with van der Waals surface area (Å²) >= 11 is 0. The minimum atomic E-state index is -0.603. The molecular formula is C12H14FN3O. The zero-order valence-electron chi connectivity index (χ0n) is 9.77. The van der Waals surface area contributed by atoms with E-state index in [9.17, 15) is 4.39 Å². The zero-order chi connectivity index (χ0) is 12.4. The summed E-state index contributed by atoms with van der Waals surface area (Å²) < 4.78 is 19.8. The van der Waals surface area contributed by atoms with E-state index < -0.39 is 6.67 Å². The number of anilines is 1. The van der Waals surface area contributed by atoms with Crippen LogP contribution in [0.15, 0.2) is 24.4 Å². The highest BCUT2D eigenvalue weighted by Crippen LogP contribution is 2.34. The van der Waals surface area contributed by atoms with Gasteiger partial charge in [-0.05, 0) is 11.6 Å². The fraction of sp³-hybridized carbons (Fsp3) is 0.250. The molecule has 1 aromatic carbocycles. The van der Waals surface area contributed by atoms with E-state index in [1.807, 2.05) is 6.07 Å². The summed E-state index contributed by atoms with van der Waals surface area (Å²) in [7, 11) is 3.26. The Kier molecular flexibility index (Phi) is 2.99. The molecule has 2 rings (SSSR count).